The summed E-state index contributed by atoms with van der Waals surface area (Å²) in [7, 11) is 1.22. The highest BCUT2D eigenvalue weighted by atomic mass is 16.5. The highest BCUT2D eigenvalue weighted by Crippen LogP contribution is 2.31. The Morgan fingerprint density at radius 2 is 1.80 bits per heavy atom. The Hall–Kier alpha value is -1.06. The van der Waals surface area contributed by atoms with Gasteiger partial charge in [0.1, 0.15) is 0 Å². The van der Waals surface area contributed by atoms with Crippen LogP contribution in [0, 0.1) is 11.3 Å². The van der Waals surface area contributed by atoms with Crippen molar-refractivity contribution in [3.05, 3.63) is 0 Å². The highest BCUT2D eigenvalue weighted by Gasteiger charge is 2.43. The molecule has 0 aromatic carbocycles. The van der Waals surface area contributed by atoms with Crippen molar-refractivity contribution in [3.8, 4) is 0 Å². The maximum Gasteiger partial charge on any atom is 0.322 e. The van der Waals surface area contributed by atoms with Crippen molar-refractivity contribution in [2.75, 3.05) is 7.11 Å². The van der Waals surface area contributed by atoms with E-state index in [0.717, 1.165) is 12.8 Å². The molecule has 0 fully saturated rings. The lowest BCUT2D eigenvalue weighted by atomic mass is 9.79. The van der Waals surface area contributed by atoms with Crippen LogP contribution in [-0.2, 0) is 14.3 Å². The number of carboxylic acids is 1. The van der Waals surface area contributed by atoms with Crippen molar-refractivity contribution in [3.63, 3.8) is 0 Å². The monoisotopic (exact) mass is 216 g/mol. The fourth-order valence-electron chi connectivity index (χ4n) is 1.64. The Kier molecular flexibility index (Phi) is 5.33. The third kappa shape index (κ3) is 3.22. The topological polar surface area (TPSA) is 63.6 Å². The minimum absolute atomic E-state index is 0.241. The molecule has 0 bridgehead atoms. The molecule has 0 rings (SSSR count). The molecule has 0 aliphatic heterocycles. The number of aliphatic carboxylic acids is 1. The first-order valence-electron chi connectivity index (χ1n) is 5.24. The Balaban J connectivity index is 4.80. The minimum atomic E-state index is -1.41. The summed E-state index contributed by atoms with van der Waals surface area (Å²) >= 11 is 0. The molecule has 0 spiro atoms. The number of hydrogen-bond donors (Lipinski definition) is 1. The summed E-state index contributed by atoms with van der Waals surface area (Å²) in [5.74, 6) is -1.53. The summed E-state index contributed by atoms with van der Waals surface area (Å²) < 4.78 is 4.55. The van der Waals surface area contributed by atoms with E-state index in [9.17, 15) is 9.59 Å². The van der Waals surface area contributed by atoms with E-state index < -0.39 is 17.4 Å². The van der Waals surface area contributed by atoms with Gasteiger partial charge in [0.15, 0.2) is 5.41 Å². The van der Waals surface area contributed by atoms with E-state index in [1.807, 2.05) is 13.8 Å². The third-order valence-corrected chi connectivity index (χ3v) is 2.96. The van der Waals surface area contributed by atoms with Crippen LogP contribution in [0.15, 0.2) is 0 Å². The number of carbonyl (C=O) groups excluding carboxylic acids is 1. The van der Waals surface area contributed by atoms with Crippen LogP contribution < -0.4 is 0 Å². The number of carbonyl (C=O) groups is 2. The average molecular weight is 216 g/mol. The summed E-state index contributed by atoms with van der Waals surface area (Å²) in [5, 5.41) is 9.07. The van der Waals surface area contributed by atoms with Crippen molar-refractivity contribution in [2.45, 2.75) is 40.0 Å². The first-order valence-corrected chi connectivity index (χ1v) is 5.24. The largest absolute Gasteiger partial charge is 0.480 e. The molecule has 0 radical (unpaired) electrons. The summed E-state index contributed by atoms with van der Waals surface area (Å²) in [5.41, 5.74) is -1.41. The lowest BCUT2D eigenvalue weighted by Crippen LogP contribution is -2.39. The Labute approximate surface area is 90.6 Å². The van der Waals surface area contributed by atoms with Crippen molar-refractivity contribution < 1.29 is 19.4 Å². The number of methoxy groups -OCH3 is 1. The van der Waals surface area contributed by atoms with Crippen molar-refractivity contribution >= 4 is 11.9 Å². The van der Waals surface area contributed by atoms with Crippen LogP contribution in [0.2, 0.25) is 0 Å². The van der Waals surface area contributed by atoms with Gasteiger partial charge in [-0.15, -0.1) is 0 Å². The zero-order valence-electron chi connectivity index (χ0n) is 9.87. The Bertz CT molecular complexity index is 233. The van der Waals surface area contributed by atoms with E-state index in [-0.39, 0.29) is 5.92 Å². The number of esters is 1. The molecule has 88 valence electrons. The second-order valence-electron chi connectivity index (χ2n) is 4.02. The van der Waals surface area contributed by atoms with Gasteiger partial charge in [-0.1, -0.05) is 26.7 Å². The van der Waals surface area contributed by atoms with Gasteiger partial charge in [0, 0.05) is 0 Å². The van der Waals surface area contributed by atoms with Gasteiger partial charge in [0.05, 0.1) is 7.11 Å². The number of ether oxygens (including phenoxy) is 1. The summed E-state index contributed by atoms with van der Waals surface area (Å²) in [4.78, 5) is 22.5. The van der Waals surface area contributed by atoms with Gasteiger partial charge >= 0.3 is 11.9 Å². The molecular weight excluding hydrogens is 196 g/mol. The molecule has 0 aliphatic rings. The molecule has 4 nitrogen and oxygen atoms in total. The van der Waals surface area contributed by atoms with Crippen molar-refractivity contribution in [2.24, 2.45) is 11.3 Å². The van der Waals surface area contributed by atoms with Crippen LogP contribution in [0.25, 0.3) is 0 Å². The maximum atomic E-state index is 11.4. The van der Waals surface area contributed by atoms with Gasteiger partial charge in [0.2, 0.25) is 0 Å². The van der Waals surface area contributed by atoms with E-state index in [1.54, 1.807) is 0 Å². The molecule has 0 aromatic heterocycles. The first-order chi connectivity index (χ1) is 6.92. The summed E-state index contributed by atoms with van der Waals surface area (Å²) in [6.45, 7) is 5.42. The summed E-state index contributed by atoms with van der Waals surface area (Å²) in [6, 6.07) is 0. The lowest BCUT2D eigenvalue weighted by Gasteiger charge is -2.25. The van der Waals surface area contributed by atoms with E-state index in [1.165, 1.54) is 14.0 Å². The molecule has 1 N–H and O–H groups in total. The molecule has 1 unspecified atom stereocenters. The fourth-order valence-corrected chi connectivity index (χ4v) is 1.64. The van der Waals surface area contributed by atoms with E-state index in [0.29, 0.717) is 6.42 Å². The van der Waals surface area contributed by atoms with E-state index in [4.69, 9.17) is 5.11 Å². The number of hydrogen-bond acceptors (Lipinski definition) is 3. The predicted molar refractivity (Wildman–Crippen MR) is 56.4 cm³/mol. The normalized spacial score (nSPS) is 14.7. The molecule has 1 atom stereocenters. The maximum absolute atomic E-state index is 11.4. The van der Waals surface area contributed by atoms with Gasteiger partial charge in [-0.3, -0.25) is 9.59 Å². The van der Waals surface area contributed by atoms with Crippen molar-refractivity contribution in [1.29, 1.82) is 0 Å². The zero-order valence-corrected chi connectivity index (χ0v) is 9.87. The quantitative estimate of drug-likeness (QED) is 0.545. The Morgan fingerprint density at radius 1 is 1.33 bits per heavy atom. The van der Waals surface area contributed by atoms with Crippen molar-refractivity contribution in [1.82, 2.24) is 0 Å². The highest BCUT2D eigenvalue weighted by molar-refractivity contribution is 5.98. The number of rotatable bonds is 6. The van der Waals surface area contributed by atoms with Crippen LogP contribution in [-0.4, -0.2) is 24.2 Å². The van der Waals surface area contributed by atoms with Gasteiger partial charge in [-0.2, -0.15) is 0 Å². The summed E-state index contributed by atoms with van der Waals surface area (Å²) in [6.07, 6.45) is 2.08. The SMILES string of the molecule is CCC(CC)CC(C)(C(=O)O)C(=O)OC. The van der Waals surface area contributed by atoms with E-state index >= 15 is 0 Å². The zero-order chi connectivity index (χ0) is 12.1. The standard InChI is InChI=1S/C11H20O4/c1-5-8(6-2)7-11(3,9(12)13)10(14)15-4/h8H,5-7H2,1-4H3,(H,12,13). The molecule has 0 heterocycles. The van der Waals surface area contributed by atoms with Gasteiger partial charge in [0.25, 0.3) is 0 Å². The van der Waals surface area contributed by atoms with Gasteiger partial charge in [-0.25, -0.2) is 0 Å². The molecule has 0 saturated carbocycles. The lowest BCUT2D eigenvalue weighted by molar-refractivity contribution is -0.167. The average Bonchev–Trinajstić information content (AvgIpc) is 2.23. The second kappa shape index (κ2) is 5.73. The van der Waals surface area contributed by atoms with Crippen LogP contribution in [0.1, 0.15) is 40.0 Å². The van der Waals surface area contributed by atoms with Crippen LogP contribution in [0.4, 0.5) is 0 Å². The molecule has 0 saturated heterocycles. The van der Waals surface area contributed by atoms with Crippen LogP contribution >= 0.6 is 0 Å². The van der Waals surface area contributed by atoms with E-state index in [2.05, 4.69) is 4.74 Å². The Morgan fingerprint density at radius 3 is 2.07 bits per heavy atom. The minimum Gasteiger partial charge on any atom is -0.480 e. The van der Waals surface area contributed by atoms with Gasteiger partial charge < -0.3 is 9.84 Å². The molecule has 0 aliphatic carbocycles. The molecule has 4 heteroatoms. The van der Waals surface area contributed by atoms with Crippen LogP contribution in [0.5, 0.6) is 0 Å². The molecule has 15 heavy (non-hydrogen) atoms. The first kappa shape index (κ1) is 13.9. The molecular formula is C11H20O4. The van der Waals surface area contributed by atoms with Gasteiger partial charge in [-0.05, 0) is 19.3 Å². The second-order valence-corrected chi connectivity index (χ2v) is 4.02. The number of carboxylic acid groups (broad SMARTS) is 1. The van der Waals surface area contributed by atoms with Crippen LogP contribution in [0.3, 0.4) is 0 Å². The predicted octanol–water partition coefficient (Wildman–Crippen LogP) is 2.08. The third-order valence-electron chi connectivity index (χ3n) is 2.96. The fraction of sp³-hybridized carbons (Fsp3) is 0.818. The molecule has 0 amide bonds. The molecule has 0 aromatic rings. The smallest absolute Gasteiger partial charge is 0.322 e.